The Bertz CT molecular complexity index is 453. The van der Waals surface area contributed by atoms with Crippen LogP contribution in [0, 0.1) is 13.8 Å². The minimum Gasteiger partial charge on any atom is -0.504 e. The van der Waals surface area contributed by atoms with Crippen LogP contribution in [0.1, 0.15) is 11.1 Å². The van der Waals surface area contributed by atoms with E-state index in [-0.39, 0.29) is 11.5 Å². The molecule has 0 saturated heterocycles. The average Bonchev–Trinajstić information content (AvgIpc) is 1.97. The van der Waals surface area contributed by atoms with Crippen molar-refractivity contribution in [2.75, 3.05) is 0 Å². The molecule has 0 fully saturated rings. The molecule has 78 valence electrons. The number of aryl methyl sites for hydroxylation is 2. The summed E-state index contributed by atoms with van der Waals surface area (Å²) in [6, 6.07) is 2.82. The van der Waals surface area contributed by atoms with Crippen LogP contribution in [0.3, 0.4) is 0 Å². The maximum Gasteiger partial charge on any atom is 0.380 e. The zero-order chi connectivity index (χ0) is 10.9. The number of rotatable bonds is 2. The van der Waals surface area contributed by atoms with Gasteiger partial charge in [0.05, 0.1) is 0 Å². The summed E-state index contributed by atoms with van der Waals surface area (Å²) in [7, 11) is -4.09. The molecule has 0 radical (unpaired) electrons. The Morgan fingerprint density at radius 1 is 1.29 bits per heavy atom. The molecule has 1 aromatic carbocycles. The van der Waals surface area contributed by atoms with Crippen LogP contribution in [0.5, 0.6) is 11.5 Å². The second kappa shape index (κ2) is 3.47. The van der Waals surface area contributed by atoms with Crippen molar-refractivity contribution in [3.8, 4) is 11.5 Å². The zero-order valence-corrected chi connectivity index (χ0v) is 8.63. The molecule has 1 rings (SSSR count). The summed E-state index contributed by atoms with van der Waals surface area (Å²) in [4.78, 5) is 0. The van der Waals surface area contributed by atoms with Crippen LogP contribution in [-0.2, 0) is 10.3 Å². The van der Waals surface area contributed by atoms with Gasteiger partial charge in [0, 0.05) is 0 Å². The fourth-order valence-electron chi connectivity index (χ4n) is 0.966. The highest BCUT2D eigenvalue weighted by molar-refractivity contribution is 7.84. The minimum absolute atomic E-state index is 0.157. The standard InChI is InChI=1S/C8H11NO4S/c1-5-3-7(10)8(4-6(5)2)13-14(9,11)12/h3-4,10H,1-2H3,(H2,9,11,12). The smallest absolute Gasteiger partial charge is 0.380 e. The van der Waals surface area contributed by atoms with Crippen molar-refractivity contribution in [3.05, 3.63) is 23.3 Å². The molecule has 0 aliphatic heterocycles. The zero-order valence-electron chi connectivity index (χ0n) is 7.81. The lowest BCUT2D eigenvalue weighted by atomic mass is 10.1. The third kappa shape index (κ3) is 2.61. The van der Waals surface area contributed by atoms with Crippen molar-refractivity contribution in [3.63, 3.8) is 0 Å². The summed E-state index contributed by atoms with van der Waals surface area (Å²) >= 11 is 0. The van der Waals surface area contributed by atoms with Crippen molar-refractivity contribution in [1.29, 1.82) is 0 Å². The fraction of sp³-hybridized carbons (Fsp3) is 0.250. The van der Waals surface area contributed by atoms with E-state index in [0.29, 0.717) is 0 Å². The number of hydrogen-bond acceptors (Lipinski definition) is 4. The molecule has 0 saturated carbocycles. The third-order valence-corrected chi connectivity index (χ3v) is 2.19. The molecule has 0 aliphatic carbocycles. The van der Waals surface area contributed by atoms with Crippen molar-refractivity contribution < 1.29 is 17.7 Å². The molecular formula is C8H11NO4S. The Labute approximate surface area is 82.4 Å². The Balaban J connectivity index is 3.17. The SMILES string of the molecule is Cc1cc(O)c(OS(N)(=O)=O)cc1C. The van der Waals surface area contributed by atoms with Crippen LogP contribution in [0.4, 0.5) is 0 Å². The Morgan fingerprint density at radius 3 is 2.29 bits per heavy atom. The molecule has 0 spiro atoms. The fourth-order valence-corrected chi connectivity index (χ4v) is 1.35. The quantitative estimate of drug-likeness (QED) is 0.758. The van der Waals surface area contributed by atoms with E-state index in [1.807, 2.05) is 0 Å². The van der Waals surface area contributed by atoms with Gasteiger partial charge >= 0.3 is 10.3 Å². The first-order chi connectivity index (χ1) is 6.29. The Kier molecular flexibility index (Phi) is 2.68. The number of aromatic hydroxyl groups is 1. The molecule has 1 aromatic rings. The van der Waals surface area contributed by atoms with E-state index in [4.69, 9.17) is 0 Å². The van der Waals surface area contributed by atoms with Gasteiger partial charge < -0.3 is 9.29 Å². The van der Waals surface area contributed by atoms with E-state index in [0.717, 1.165) is 11.1 Å². The van der Waals surface area contributed by atoms with E-state index in [1.54, 1.807) is 13.8 Å². The molecule has 3 N–H and O–H groups in total. The van der Waals surface area contributed by atoms with E-state index >= 15 is 0 Å². The predicted molar refractivity (Wildman–Crippen MR) is 51.3 cm³/mol. The molecule has 0 heterocycles. The van der Waals surface area contributed by atoms with E-state index in [9.17, 15) is 13.5 Å². The maximum atomic E-state index is 10.6. The topological polar surface area (TPSA) is 89.6 Å². The minimum atomic E-state index is -4.09. The molecule has 0 aromatic heterocycles. The molecule has 5 nitrogen and oxygen atoms in total. The molecule has 0 bridgehead atoms. The largest absolute Gasteiger partial charge is 0.504 e. The van der Waals surface area contributed by atoms with Crippen LogP contribution < -0.4 is 9.32 Å². The van der Waals surface area contributed by atoms with Crippen LogP contribution in [0.25, 0.3) is 0 Å². The number of hydrogen-bond donors (Lipinski definition) is 2. The van der Waals surface area contributed by atoms with Gasteiger partial charge in [0.2, 0.25) is 0 Å². The molecule has 0 atom stereocenters. The van der Waals surface area contributed by atoms with Gasteiger partial charge in [0.25, 0.3) is 0 Å². The first-order valence-electron chi connectivity index (χ1n) is 3.82. The van der Waals surface area contributed by atoms with Crippen LogP contribution in [0.15, 0.2) is 12.1 Å². The van der Waals surface area contributed by atoms with E-state index in [2.05, 4.69) is 9.32 Å². The lowest BCUT2D eigenvalue weighted by Gasteiger charge is -2.07. The van der Waals surface area contributed by atoms with Crippen molar-refractivity contribution in [2.45, 2.75) is 13.8 Å². The number of benzene rings is 1. The second-order valence-electron chi connectivity index (χ2n) is 2.98. The van der Waals surface area contributed by atoms with Gasteiger partial charge in [-0.2, -0.15) is 13.6 Å². The lowest BCUT2D eigenvalue weighted by Crippen LogP contribution is -2.19. The van der Waals surface area contributed by atoms with Crippen LogP contribution in [-0.4, -0.2) is 13.5 Å². The molecule has 0 aliphatic rings. The Morgan fingerprint density at radius 2 is 1.79 bits per heavy atom. The van der Waals surface area contributed by atoms with Gasteiger partial charge in [-0.15, -0.1) is 0 Å². The van der Waals surface area contributed by atoms with Gasteiger partial charge in [0.15, 0.2) is 11.5 Å². The highest BCUT2D eigenvalue weighted by Crippen LogP contribution is 2.29. The first-order valence-corrected chi connectivity index (χ1v) is 5.29. The monoisotopic (exact) mass is 217 g/mol. The van der Waals surface area contributed by atoms with Gasteiger partial charge in [-0.3, -0.25) is 0 Å². The normalized spacial score (nSPS) is 11.4. The first kappa shape index (κ1) is 10.8. The molecular weight excluding hydrogens is 206 g/mol. The van der Waals surface area contributed by atoms with E-state index in [1.165, 1.54) is 12.1 Å². The summed E-state index contributed by atoms with van der Waals surface area (Å²) in [5, 5.41) is 14.0. The van der Waals surface area contributed by atoms with Gasteiger partial charge in [0.1, 0.15) is 0 Å². The van der Waals surface area contributed by atoms with Crippen molar-refractivity contribution >= 4 is 10.3 Å². The van der Waals surface area contributed by atoms with E-state index < -0.39 is 10.3 Å². The van der Waals surface area contributed by atoms with Crippen molar-refractivity contribution in [1.82, 2.24) is 0 Å². The summed E-state index contributed by atoms with van der Waals surface area (Å²) in [5.74, 6) is -0.405. The van der Waals surface area contributed by atoms with Gasteiger partial charge in [-0.05, 0) is 37.1 Å². The highest BCUT2D eigenvalue weighted by Gasteiger charge is 2.11. The summed E-state index contributed by atoms with van der Waals surface area (Å²) in [5.41, 5.74) is 1.64. The molecule has 0 amide bonds. The van der Waals surface area contributed by atoms with Gasteiger partial charge in [-0.25, -0.2) is 0 Å². The third-order valence-electron chi connectivity index (χ3n) is 1.78. The Hall–Kier alpha value is -1.27. The highest BCUT2D eigenvalue weighted by atomic mass is 32.2. The van der Waals surface area contributed by atoms with Crippen LogP contribution in [0.2, 0.25) is 0 Å². The summed E-state index contributed by atoms with van der Waals surface area (Å²) in [6.07, 6.45) is 0. The lowest BCUT2D eigenvalue weighted by molar-refractivity contribution is 0.428. The molecule has 14 heavy (non-hydrogen) atoms. The molecule has 6 heteroatoms. The second-order valence-corrected chi connectivity index (χ2v) is 4.13. The average molecular weight is 217 g/mol. The number of phenols is 1. The summed E-state index contributed by atoms with van der Waals surface area (Å²) in [6.45, 7) is 3.56. The van der Waals surface area contributed by atoms with Crippen LogP contribution >= 0.6 is 0 Å². The summed E-state index contributed by atoms with van der Waals surface area (Å²) < 4.78 is 25.6. The van der Waals surface area contributed by atoms with Crippen molar-refractivity contribution in [2.24, 2.45) is 5.14 Å². The number of phenolic OH excluding ortho intramolecular Hbond substituents is 1. The molecule has 0 unspecified atom stereocenters. The van der Waals surface area contributed by atoms with Gasteiger partial charge in [-0.1, -0.05) is 0 Å². The number of nitrogens with two attached hydrogens (primary N) is 1. The predicted octanol–water partition coefficient (Wildman–Crippen LogP) is 0.591. The maximum absolute atomic E-state index is 10.6.